The quantitative estimate of drug-likeness (QED) is 0.681. The molecule has 0 radical (unpaired) electrons. The maximum Gasteiger partial charge on any atom is 0.339 e. The summed E-state index contributed by atoms with van der Waals surface area (Å²) >= 11 is 0. The first kappa shape index (κ1) is 11.2. The molecule has 0 aliphatic rings. The summed E-state index contributed by atoms with van der Waals surface area (Å²) in [5, 5.41) is 10.7. The molecule has 0 amide bonds. The maximum absolute atomic E-state index is 11.5. The highest BCUT2D eigenvalue weighted by molar-refractivity contribution is 6.01. The van der Waals surface area contributed by atoms with Crippen molar-refractivity contribution >= 4 is 11.9 Å². The zero-order valence-electron chi connectivity index (χ0n) is 8.52. The van der Waals surface area contributed by atoms with E-state index >= 15 is 0 Å². The highest BCUT2D eigenvalue weighted by Gasteiger charge is 2.13. The van der Waals surface area contributed by atoms with Crippen LogP contribution in [0.25, 0.3) is 0 Å². The van der Waals surface area contributed by atoms with Crippen molar-refractivity contribution in [3.8, 4) is 0 Å². The van der Waals surface area contributed by atoms with Gasteiger partial charge in [0.05, 0.1) is 17.6 Å². The molecule has 1 aromatic carbocycles. The molecule has 0 atom stereocenters. The third-order valence-electron chi connectivity index (χ3n) is 1.71. The van der Waals surface area contributed by atoms with Crippen molar-refractivity contribution < 1.29 is 19.4 Å². The largest absolute Gasteiger partial charge is 0.545 e. The van der Waals surface area contributed by atoms with Crippen LogP contribution >= 0.6 is 0 Å². The first-order valence-corrected chi connectivity index (χ1v) is 4.53. The van der Waals surface area contributed by atoms with Gasteiger partial charge < -0.3 is 14.6 Å². The van der Waals surface area contributed by atoms with Gasteiger partial charge in [-0.15, -0.1) is 0 Å². The third kappa shape index (κ3) is 2.80. The maximum atomic E-state index is 11.5. The van der Waals surface area contributed by atoms with Crippen molar-refractivity contribution in [3.05, 3.63) is 35.4 Å². The van der Waals surface area contributed by atoms with Crippen LogP contribution in [-0.4, -0.2) is 18.0 Å². The predicted molar refractivity (Wildman–Crippen MR) is 51.3 cm³/mol. The lowest BCUT2D eigenvalue weighted by Crippen LogP contribution is -2.25. The molecule has 0 spiro atoms. The fourth-order valence-corrected chi connectivity index (χ4v) is 1.12. The molecule has 0 aliphatic carbocycles. The van der Waals surface area contributed by atoms with Crippen LogP contribution in [0.5, 0.6) is 0 Å². The van der Waals surface area contributed by atoms with Crippen molar-refractivity contribution in [2.45, 2.75) is 20.0 Å². The molecular formula is C11H11O4-. The van der Waals surface area contributed by atoms with Gasteiger partial charge in [0.2, 0.25) is 0 Å². The summed E-state index contributed by atoms with van der Waals surface area (Å²) in [6, 6.07) is 5.81. The Kier molecular flexibility index (Phi) is 3.44. The van der Waals surface area contributed by atoms with E-state index in [9.17, 15) is 14.7 Å². The molecule has 0 aromatic heterocycles. The van der Waals surface area contributed by atoms with Crippen LogP contribution in [0, 0.1) is 0 Å². The van der Waals surface area contributed by atoms with E-state index in [2.05, 4.69) is 0 Å². The number of carbonyl (C=O) groups is 2. The number of carboxylic acid groups (broad SMARTS) is 1. The number of rotatable bonds is 3. The molecule has 0 aliphatic heterocycles. The Labute approximate surface area is 87.5 Å². The van der Waals surface area contributed by atoms with Crippen LogP contribution in [0.3, 0.4) is 0 Å². The minimum absolute atomic E-state index is 0.0196. The van der Waals surface area contributed by atoms with E-state index < -0.39 is 11.9 Å². The summed E-state index contributed by atoms with van der Waals surface area (Å²) in [5.74, 6) is -2.03. The van der Waals surface area contributed by atoms with Crippen molar-refractivity contribution in [1.82, 2.24) is 0 Å². The second-order valence-electron chi connectivity index (χ2n) is 3.29. The lowest BCUT2D eigenvalue weighted by atomic mass is 10.1. The molecule has 4 nitrogen and oxygen atoms in total. The predicted octanol–water partition coefficient (Wildman–Crippen LogP) is 0.615. The second kappa shape index (κ2) is 4.59. The molecule has 15 heavy (non-hydrogen) atoms. The van der Waals surface area contributed by atoms with Gasteiger partial charge in [0, 0.05) is 5.56 Å². The number of esters is 1. The molecule has 0 unspecified atom stereocenters. The van der Waals surface area contributed by atoms with E-state index in [0.717, 1.165) is 0 Å². The van der Waals surface area contributed by atoms with E-state index in [0.29, 0.717) is 0 Å². The van der Waals surface area contributed by atoms with E-state index in [-0.39, 0.29) is 17.2 Å². The normalized spacial score (nSPS) is 10.1. The average molecular weight is 207 g/mol. The average Bonchev–Trinajstić information content (AvgIpc) is 2.16. The van der Waals surface area contributed by atoms with Crippen LogP contribution in [0.4, 0.5) is 0 Å². The van der Waals surface area contributed by atoms with E-state index in [1.165, 1.54) is 18.2 Å². The van der Waals surface area contributed by atoms with E-state index in [1.54, 1.807) is 19.9 Å². The highest BCUT2D eigenvalue weighted by Crippen LogP contribution is 2.10. The van der Waals surface area contributed by atoms with Crippen molar-refractivity contribution in [2.24, 2.45) is 0 Å². The van der Waals surface area contributed by atoms with Gasteiger partial charge in [-0.25, -0.2) is 4.79 Å². The smallest absolute Gasteiger partial charge is 0.339 e. The standard InChI is InChI=1S/C11H12O4/c1-7(2)15-11(14)9-6-4-3-5-8(9)10(12)13/h3-7H,1-2H3,(H,12,13)/p-1. The van der Waals surface area contributed by atoms with Crippen LogP contribution in [0.1, 0.15) is 34.6 Å². The van der Waals surface area contributed by atoms with Crippen LogP contribution in [0.2, 0.25) is 0 Å². The van der Waals surface area contributed by atoms with Crippen LogP contribution in [0.15, 0.2) is 24.3 Å². The number of carbonyl (C=O) groups excluding carboxylic acids is 2. The molecule has 0 N–H and O–H groups in total. The highest BCUT2D eigenvalue weighted by atomic mass is 16.5. The lowest BCUT2D eigenvalue weighted by Gasteiger charge is -2.11. The van der Waals surface area contributed by atoms with Gasteiger partial charge in [0.15, 0.2) is 0 Å². The summed E-state index contributed by atoms with van der Waals surface area (Å²) < 4.78 is 4.90. The Bertz CT molecular complexity index is 382. The summed E-state index contributed by atoms with van der Waals surface area (Å²) in [6.45, 7) is 3.39. The number of aromatic carboxylic acids is 1. The molecule has 0 saturated carbocycles. The second-order valence-corrected chi connectivity index (χ2v) is 3.29. The number of carboxylic acids is 1. The molecular weight excluding hydrogens is 196 g/mol. The van der Waals surface area contributed by atoms with Gasteiger partial charge >= 0.3 is 5.97 Å². The summed E-state index contributed by atoms with van der Waals surface area (Å²) in [5.41, 5.74) is -0.130. The Morgan fingerprint density at radius 2 is 1.73 bits per heavy atom. The molecule has 0 saturated heterocycles. The molecule has 0 bridgehead atoms. The van der Waals surface area contributed by atoms with Gasteiger partial charge in [-0.3, -0.25) is 0 Å². The topological polar surface area (TPSA) is 66.4 Å². The first-order valence-electron chi connectivity index (χ1n) is 4.53. The van der Waals surface area contributed by atoms with Gasteiger partial charge in [-0.05, 0) is 19.9 Å². The van der Waals surface area contributed by atoms with E-state index in [4.69, 9.17) is 4.74 Å². The molecule has 4 heteroatoms. The summed E-state index contributed by atoms with van der Waals surface area (Å²) in [6.07, 6.45) is -0.285. The van der Waals surface area contributed by atoms with Crippen LogP contribution in [-0.2, 0) is 4.74 Å². The fourth-order valence-electron chi connectivity index (χ4n) is 1.12. The molecule has 0 fully saturated rings. The minimum atomic E-state index is -1.38. The van der Waals surface area contributed by atoms with E-state index in [1.807, 2.05) is 0 Å². The molecule has 1 rings (SSSR count). The monoisotopic (exact) mass is 207 g/mol. The Balaban J connectivity index is 3.03. The Morgan fingerprint density at radius 1 is 1.20 bits per heavy atom. The number of hydrogen-bond donors (Lipinski definition) is 0. The SMILES string of the molecule is CC(C)OC(=O)c1ccccc1C(=O)[O-]. The third-order valence-corrected chi connectivity index (χ3v) is 1.71. The number of benzene rings is 1. The van der Waals surface area contributed by atoms with Gasteiger partial charge in [-0.2, -0.15) is 0 Å². The lowest BCUT2D eigenvalue weighted by molar-refractivity contribution is -0.255. The molecule has 0 heterocycles. The summed E-state index contributed by atoms with van der Waals surface area (Å²) in [4.78, 5) is 22.2. The minimum Gasteiger partial charge on any atom is -0.545 e. The Morgan fingerprint density at radius 3 is 2.20 bits per heavy atom. The van der Waals surface area contributed by atoms with Crippen molar-refractivity contribution in [1.29, 1.82) is 0 Å². The van der Waals surface area contributed by atoms with Crippen molar-refractivity contribution in [3.63, 3.8) is 0 Å². The zero-order chi connectivity index (χ0) is 11.4. The van der Waals surface area contributed by atoms with Gasteiger partial charge in [-0.1, -0.05) is 18.2 Å². The van der Waals surface area contributed by atoms with Crippen molar-refractivity contribution in [2.75, 3.05) is 0 Å². The molecule has 1 aromatic rings. The first-order chi connectivity index (χ1) is 7.02. The summed E-state index contributed by atoms with van der Waals surface area (Å²) in [7, 11) is 0. The van der Waals surface area contributed by atoms with Gasteiger partial charge in [0.1, 0.15) is 0 Å². The Hall–Kier alpha value is -1.84. The van der Waals surface area contributed by atoms with Crippen LogP contribution < -0.4 is 5.11 Å². The zero-order valence-corrected chi connectivity index (χ0v) is 8.52. The fraction of sp³-hybridized carbons (Fsp3) is 0.273. The number of hydrogen-bond acceptors (Lipinski definition) is 4. The molecule has 80 valence electrons. The van der Waals surface area contributed by atoms with Gasteiger partial charge in [0.25, 0.3) is 0 Å². The number of ether oxygens (including phenoxy) is 1.